The molecule has 34 heavy (non-hydrogen) atoms. The Morgan fingerprint density at radius 1 is 0.912 bits per heavy atom. The Morgan fingerprint density at radius 3 is 2.06 bits per heavy atom. The molecule has 1 saturated heterocycles. The van der Waals surface area contributed by atoms with Gasteiger partial charge in [0.15, 0.2) is 0 Å². The lowest BCUT2D eigenvalue weighted by Crippen LogP contribution is -2.50. The number of amides is 2. The zero-order valence-electron chi connectivity index (χ0n) is 19.0. The summed E-state index contributed by atoms with van der Waals surface area (Å²) in [4.78, 5) is 52.7. The van der Waals surface area contributed by atoms with Crippen molar-refractivity contribution in [2.24, 2.45) is 0 Å². The van der Waals surface area contributed by atoms with Crippen LogP contribution in [0.2, 0.25) is 5.02 Å². The minimum absolute atomic E-state index is 0.00725. The predicted octanol–water partition coefficient (Wildman–Crippen LogP) is 2.24. The van der Waals surface area contributed by atoms with Crippen LogP contribution in [0.3, 0.4) is 0 Å². The second-order valence-electron chi connectivity index (χ2n) is 7.76. The van der Waals surface area contributed by atoms with E-state index in [2.05, 4.69) is 5.32 Å². The number of ether oxygens (including phenoxy) is 2. The number of nitrogens with zero attached hydrogens (tertiary/aromatic N) is 2. The zero-order chi connectivity index (χ0) is 24.7. The Balaban J connectivity index is 1.55. The molecule has 1 fully saturated rings. The minimum atomic E-state index is -0.640. The molecule has 0 aliphatic carbocycles. The van der Waals surface area contributed by atoms with Crippen molar-refractivity contribution in [1.82, 2.24) is 9.80 Å². The SMILES string of the molecule is COC(=O)c1cc(NC(=O)CN2CCN(C(=O)Cc3ccccc3Cl)CC2)cc(C(=O)OC)c1. The largest absolute Gasteiger partial charge is 0.465 e. The Labute approximate surface area is 202 Å². The molecule has 0 spiro atoms. The first-order chi connectivity index (χ1) is 16.3. The summed E-state index contributed by atoms with van der Waals surface area (Å²) in [6.07, 6.45) is 0.235. The van der Waals surface area contributed by atoms with Gasteiger partial charge in [-0.1, -0.05) is 29.8 Å². The third-order valence-corrected chi connectivity index (χ3v) is 5.82. The topological polar surface area (TPSA) is 105 Å². The number of benzene rings is 2. The average Bonchev–Trinajstić information content (AvgIpc) is 2.84. The number of anilines is 1. The highest BCUT2D eigenvalue weighted by Gasteiger charge is 2.23. The molecule has 2 amide bonds. The van der Waals surface area contributed by atoms with Crippen molar-refractivity contribution < 1.29 is 28.7 Å². The van der Waals surface area contributed by atoms with Crippen LogP contribution in [0.4, 0.5) is 5.69 Å². The number of hydrogen-bond acceptors (Lipinski definition) is 7. The number of halogens is 1. The number of nitrogens with one attached hydrogen (secondary N) is 1. The summed E-state index contributed by atoms with van der Waals surface area (Å²) in [5.74, 6) is -1.60. The van der Waals surface area contributed by atoms with Gasteiger partial charge in [0.05, 0.1) is 38.3 Å². The number of hydrogen-bond donors (Lipinski definition) is 1. The first-order valence-electron chi connectivity index (χ1n) is 10.7. The van der Waals surface area contributed by atoms with Gasteiger partial charge in [0, 0.05) is 36.9 Å². The Bertz CT molecular complexity index is 1050. The summed E-state index contributed by atoms with van der Waals surface area (Å²) >= 11 is 6.15. The zero-order valence-corrected chi connectivity index (χ0v) is 19.8. The number of carbonyl (C=O) groups is 4. The molecule has 0 unspecified atom stereocenters. The van der Waals surface area contributed by atoms with E-state index in [9.17, 15) is 19.2 Å². The third-order valence-electron chi connectivity index (χ3n) is 5.45. The highest BCUT2D eigenvalue weighted by atomic mass is 35.5. The molecule has 0 aromatic heterocycles. The molecule has 180 valence electrons. The van der Waals surface area contributed by atoms with Crippen molar-refractivity contribution in [3.8, 4) is 0 Å². The summed E-state index contributed by atoms with van der Waals surface area (Å²) < 4.78 is 9.42. The molecule has 0 atom stereocenters. The lowest BCUT2D eigenvalue weighted by atomic mass is 10.1. The Morgan fingerprint density at radius 2 is 1.50 bits per heavy atom. The van der Waals surface area contributed by atoms with Crippen LogP contribution in [0.1, 0.15) is 26.3 Å². The van der Waals surface area contributed by atoms with Crippen molar-refractivity contribution in [1.29, 1.82) is 0 Å². The van der Waals surface area contributed by atoms with E-state index < -0.39 is 11.9 Å². The molecular weight excluding hydrogens is 462 g/mol. The van der Waals surface area contributed by atoms with Gasteiger partial charge in [0.2, 0.25) is 11.8 Å². The molecule has 1 N–H and O–H groups in total. The third kappa shape index (κ3) is 6.55. The first kappa shape index (κ1) is 25.2. The fourth-order valence-corrected chi connectivity index (χ4v) is 3.85. The van der Waals surface area contributed by atoms with Crippen molar-refractivity contribution in [2.75, 3.05) is 52.3 Å². The highest BCUT2D eigenvalue weighted by Crippen LogP contribution is 2.18. The van der Waals surface area contributed by atoms with Crippen molar-refractivity contribution in [2.45, 2.75) is 6.42 Å². The summed E-state index contributed by atoms with van der Waals surface area (Å²) in [6.45, 7) is 2.18. The maximum Gasteiger partial charge on any atom is 0.337 e. The molecule has 3 rings (SSSR count). The second kappa shape index (κ2) is 11.6. The maximum absolute atomic E-state index is 12.6. The predicted molar refractivity (Wildman–Crippen MR) is 126 cm³/mol. The van der Waals surface area contributed by atoms with Crippen molar-refractivity contribution in [3.05, 3.63) is 64.2 Å². The first-order valence-corrected chi connectivity index (χ1v) is 11.0. The molecule has 10 heteroatoms. The summed E-state index contributed by atoms with van der Waals surface area (Å²) in [5, 5.41) is 3.28. The van der Waals surface area contributed by atoms with E-state index >= 15 is 0 Å². The van der Waals surface area contributed by atoms with E-state index in [-0.39, 0.29) is 41.6 Å². The molecule has 0 saturated carbocycles. The van der Waals surface area contributed by atoms with E-state index in [1.807, 2.05) is 23.1 Å². The van der Waals surface area contributed by atoms with Crippen molar-refractivity contribution >= 4 is 41.0 Å². The van der Waals surface area contributed by atoms with Crippen LogP contribution in [0.5, 0.6) is 0 Å². The lowest BCUT2D eigenvalue weighted by molar-refractivity contribution is -0.132. The van der Waals surface area contributed by atoms with Gasteiger partial charge in [0.1, 0.15) is 0 Å². The van der Waals surface area contributed by atoms with Crippen LogP contribution < -0.4 is 5.32 Å². The van der Waals surface area contributed by atoms with Crippen LogP contribution in [0, 0.1) is 0 Å². The highest BCUT2D eigenvalue weighted by molar-refractivity contribution is 6.31. The van der Waals surface area contributed by atoms with Gasteiger partial charge < -0.3 is 19.7 Å². The summed E-state index contributed by atoms with van der Waals surface area (Å²) in [5.41, 5.74) is 1.30. The molecule has 0 bridgehead atoms. The van der Waals surface area contributed by atoms with Crippen LogP contribution in [0.15, 0.2) is 42.5 Å². The smallest absolute Gasteiger partial charge is 0.337 e. The van der Waals surface area contributed by atoms with Gasteiger partial charge in [-0.15, -0.1) is 0 Å². The second-order valence-corrected chi connectivity index (χ2v) is 8.16. The number of piperazine rings is 1. The monoisotopic (exact) mass is 487 g/mol. The van der Waals surface area contributed by atoms with E-state index in [0.717, 1.165) is 5.56 Å². The van der Waals surface area contributed by atoms with E-state index in [1.54, 1.807) is 11.0 Å². The van der Waals surface area contributed by atoms with Gasteiger partial charge in [-0.3, -0.25) is 14.5 Å². The lowest BCUT2D eigenvalue weighted by Gasteiger charge is -2.34. The molecule has 1 heterocycles. The fraction of sp³-hybridized carbons (Fsp3) is 0.333. The number of carbonyl (C=O) groups excluding carboxylic acids is 4. The summed E-state index contributed by atoms with van der Waals surface area (Å²) in [6, 6.07) is 11.5. The molecule has 1 aliphatic rings. The van der Waals surface area contributed by atoms with Crippen LogP contribution in [-0.2, 0) is 25.5 Å². The van der Waals surface area contributed by atoms with Crippen LogP contribution >= 0.6 is 11.6 Å². The quantitative estimate of drug-likeness (QED) is 0.597. The standard InChI is InChI=1S/C24H26ClN3O6/c1-33-23(31)17-11-18(24(32)34-2)13-19(12-17)26-21(29)15-27-7-9-28(10-8-27)22(30)14-16-5-3-4-6-20(16)25/h3-6,11-13H,7-10,14-15H2,1-2H3,(H,26,29). The van der Waals surface area contributed by atoms with Gasteiger partial charge in [-0.05, 0) is 29.8 Å². The van der Waals surface area contributed by atoms with Gasteiger partial charge in [-0.2, -0.15) is 0 Å². The van der Waals surface area contributed by atoms with E-state index in [4.69, 9.17) is 21.1 Å². The summed E-state index contributed by atoms with van der Waals surface area (Å²) in [7, 11) is 2.45. The van der Waals surface area contributed by atoms with Crippen molar-refractivity contribution in [3.63, 3.8) is 0 Å². The van der Waals surface area contributed by atoms with Gasteiger partial charge in [0.25, 0.3) is 0 Å². The molecule has 2 aromatic carbocycles. The molecule has 1 aliphatic heterocycles. The maximum atomic E-state index is 12.6. The van der Waals surface area contributed by atoms with Crippen LogP contribution in [-0.4, -0.2) is 80.5 Å². The molecule has 9 nitrogen and oxygen atoms in total. The number of esters is 2. The Kier molecular flexibility index (Phi) is 8.61. The minimum Gasteiger partial charge on any atom is -0.465 e. The Hall–Kier alpha value is -3.43. The van der Waals surface area contributed by atoms with E-state index in [0.29, 0.717) is 31.2 Å². The van der Waals surface area contributed by atoms with Gasteiger partial charge in [-0.25, -0.2) is 9.59 Å². The molecule has 2 aromatic rings. The normalized spacial score (nSPS) is 13.8. The fourth-order valence-electron chi connectivity index (χ4n) is 3.65. The van der Waals surface area contributed by atoms with Gasteiger partial charge >= 0.3 is 11.9 Å². The molecular formula is C24H26ClN3O6. The number of rotatable bonds is 7. The van der Waals surface area contributed by atoms with Crippen LogP contribution in [0.25, 0.3) is 0 Å². The molecule has 0 radical (unpaired) electrons. The number of methoxy groups -OCH3 is 2. The van der Waals surface area contributed by atoms with E-state index in [1.165, 1.54) is 32.4 Å². The average molecular weight is 488 g/mol.